The molecule has 1 aliphatic heterocycles. The van der Waals surface area contributed by atoms with Crippen LogP contribution in [0.3, 0.4) is 0 Å². The number of nitrogens with zero attached hydrogens (tertiary/aromatic N) is 1. The monoisotopic (exact) mass is 220 g/mol. The molecule has 1 N–H and O–H groups in total. The Morgan fingerprint density at radius 2 is 2.06 bits per heavy atom. The maximum Gasteiger partial charge on any atom is 0.0642 e. The Labute approximate surface area is 97.4 Å². The molecule has 1 aromatic rings. The zero-order valence-corrected chi connectivity index (χ0v) is 10.1. The van der Waals surface area contributed by atoms with Gasteiger partial charge >= 0.3 is 0 Å². The van der Waals surface area contributed by atoms with Gasteiger partial charge in [-0.05, 0) is 31.2 Å². The number of morpholine rings is 1. The second kappa shape index (κ2) is 5.32. The van der Waals surface area contributed by atoms with Gasteiger partial charge in [-0.15, -0.1) is 0 Å². The highest BCUT2D eigenvalue weighted by Gasteiger charge is 2.12. The summed E-state index contributed by atoms with van der Waals surface area (Å²) in [6.07, 6.45) is 0. The predicted molar refractivity (Wildman–Crippen MR) is 67.0 cm³/mol. The number of benzene rings is 1. The van der Waals surface area contributed by atoms with Gasteiger partial charge in [-0.1, -0.05) is 12.1 Å². The van der Waals surface area contributed by atoms with Crippen molar-refractivity contribution >= 4 is 5.69 Å². The summed E-state index contributed by atoms with van der Waals surface area (Å²) in [5.41, 5.74) is 4.05. The van der Waals surface area contributed by atoms with Gasteiger partial charge in [-0.3, -0.25) is 0 Å². The fourth-order valence-electron chi connectivity index (χ4n) is 2.19. The molecule has 0 aliphatic carbocycles. The van der Waals surface area contributed by atoms with Crippen molar-refractivity contribution in [2.45, 2.75) is 13.5 Å². The van der Waals surface area contributed by atoms with Crippen LogP contribution >= 0.6 is 0 Å². The van der Waals surface area contributed by atoms with Gasteiger partial charge in [0.25, 0.3) is 0 Å². The van der Waals surface area contributed by atoms with Crippen LogP contribution in [0.4, 0.5) is 5.69 Å². The van der Waals surface area contributed by atoms with Crippen LogP contribution < -0.4 is 10.2 Å². The normalized spacial score (nSPS) is 16.5. The molecular formula is C13H20N2O. The van der Waals surface area contributed by atoms with E-state index in [9.17, 15) is 0 Å². The molecule has 2 rings (SSSR count). The minimum Gasteiger partial charge on any atom is -0.378 e. The average molecular weight is 220 g/mol. The number of ether oxygens (including phenoxy) is 1. The van der Waals surface area contributed by atoms with Crippen LogP contribution in [-0.4, -0.2) is 33.4 Å². The van der Waals surface area contributed by atoms with E-state index in [-0.39, 0.29) is 0 Å². The van der Waals surface area contributed by atoms with Crippen molar-refractivity contribution in [2.75, 3.05) is 38.3 Å². The second-order valence-electron chi connectivity index (χ2n) is 4.25. The van der Waals surface area contributed by atoms with E-state index in [0.717, 1.165) is 32.8 Å². The lowest BCUT2D eigenvalue weighted by Crippen LogP contribution is -2.36. The van der Waals surface area contributed by atoms with Gasteiger partial charge in [0.05, 0.1) is 13.2 Å². The summed E-state index contributed by atoms with van der Waals surface area (Å²) in [5.74, 6) is 0. The molecule has 0 aromatic heterocycles. The first-order valence-corrected chi connectivity index (χ1v) is 5.88. The van der Waals surface area contributed by atoms with E-state index >= 15 is 0 Å². The molecule has 1 aromatic carbocycles. The summed E-state index contributed by atoms with van der Waals surface area (Å²) in [7, 11) is 1.98. The standard InChI is InChI=1S/C13H20N2O/c1-11-9-12(10-14-2)3-4-13(11)15-5-7-16-8-6-15/h3-4,9,14H,5-8,10H2,1-2H3. The molecule has 0 bridgehead atoms. The molecule has 0 spiro atoms. The van der Waals surface area contributed by atoms with Gasteiger partial charge in [-0.25, -0.2) is 0 Å². The van der Waals surface area contributed by atoms with E-state index in [1.54, 1.807) is 0 Å². The summed E-state index contributed by atoms with van der Waals surface area (Å²) in [5, 5.41) is 3.18. The van der Waals surface area contributed by atoms with Crippen molar-refractivity contribution in [2.24, 2.45) is 0 Å². The van der Waals surface area contributed by atoms with E-state index in [4.69, 9.17) is 4.74 Å². The molecule has 1 saturated heterocycles. The van der Waals surface area contributed by atoms with Crippen molar-refractivity contribution in [1.82, 2.24) is 5.32 Å². The highest BCUT2D eigenvalue weighted by atomic mass is 16.5. The molecule has 16 heavy (non-hydrogen) atoms. The fourth-order valence-corrected chi connectivity index (χ4v) is 2.19. The largest absolute Gasteiger partial charge is 0.378 e. The van der Waals surface area contributed by atoms with E-state index in [2.05, 4.69) is 35.3 Å². The summed E-state index contributed by atoms with van der Waals surface area (Å²) >= 11 is 0. The molecule has 1 fully saturated rings. The lowest BCUT2D eigenvalue weighted by Gasteiger charge is -2.30. The summed E-state index contributed by atoms with van der Waals surface area (Å²) < 4.78 is 5.37. The maximum atomic E-state index is 5.37. The Kier molecular flexibility index (Phi) is 3.80. The number of nitrogens with one attached hydrogen (secondary N) is 1. The number of anilines is 1. The molecule has 0 saturated carbocycles. The van der Waals surface area contributed by atoms with Gasteiger partial charge in [0.2, 0.25) is 0 Å². The Morgan fingerprint density at radius 1 is 1.31 bits per heavy atom. The first-order chi connectivity index (χ1) is 7.81. The van der Waals surface area contributed by atoms with Crippen LogP contribution in [0.2, 0.25) is 0 Å². The fraction of sp³-hybridized carbons (Fsp3) is 0.538. The summed E-state index contributed by atoms with van der Waals surface area (Å²) in [6.45, 7) is 6.82. The molecule has 0 amide bonds. The molecule has 1 heterocycles. The number of rotatable bonds is 3. The van der Waals surface area contributed by atoms with Crippen molar-refractivity contribution in [3.8, 4) is 0 Å². The average Bonchev–Trinajstić information content (AvgIpc) is 2.31. The summed E-state index contributed by atoms with van der Waals surface area (Å²) in [6, 6.07) is 6.70. The lowest BCUT2D eigenvalue weighted by molar-refractivity contribution is 0.122. The smallest absolute Gasteiger partial charge is 0.0642 e. The lowest BCUT2D eigenvalue weighted by atomic mass is 10.1. The van der Waals surface area contributed by atoms with Gasteiger partial charge in [0.15, 0.2) is 0 Å². The van der Waals surface area contributed by atoms with Gasteiger partial charge in [-0.2, -0.15) is 0 Å². The summed E-state index contributed by atoms with van der Waals surface area (Å²) in [4.78, 5) is 2.40. The van der Waals surface area contributed by atoms with Crippen LogP contribution in [0, 0.1) is 6.92 Å². The molecule has 88 valence electrons. The minimum absolute atomic E-state index is 0.845. The third-order valence-electron chi connectivity index (χ3n) is 2.99. The first-order valence-electron chi connectivity index (χ1n) is 5.88. The number of aryl methyl sites for hydroxylation is 1. The van der Waals surface area contributed by atoms with Crippen LogP contribution in [0.1, 0.15) is 11.1 Å². The Bertz CT molecular complexity index is 346. The van der Waals surface area contributed by atoms with Crippen LogP contribution in [-0.2, 0) is 11.3 Å². The Balaban J connectivity index is 2.14. The first kappa shape index (κ1) is 11.4. The molecule has 0 radical (unpaired) electrons. The Morgan fingerprint density at radius 3 is 2.69 bits per heavy atom. The van der Waals surface area contributed by atoms with Crippen molar-refractivity contribution in [3.63, 3.8) is 0 Å². The van der Waals surface area contributed by atoms with E-state index < -0.39 is 0 Å². The van der Waals surface area contributed by atoms with E-state index in [1.165, 1.54) is 16.8 Å². The van der Waals surface area contributed by atoms with Crippen LogP contribution in [0.5, 0.6) is 0 Å². The van der Waals surface area contributed by atoms with Crippen molar-refractivity contribution < 1.29 is 4.74 Å². The van der Waals surface area contributed by atoms with Gasteiger partial charge in [0.1, 0.15) is 0 Å². The highest BCUT2D eigenvalue weighted by Crippen LogP contribution is 2.22. The molecule has 0 atom stereocenters. The van der Waals surface area contributed by atoms with Gasteiger partial charge in [0, 0.05) is 25.3 Å². The van der Waals surface area contributed by atoms with Crippen LogP contribution in [0.25, 0.3) is 0 Å². The highest BCUT2D eigenvalue weighted by molar-refractivity contribution is 5.54. The molecule has 0 unspecified atom stereocenters. The SMILES string of the molecule is CNCc1ccc(N2CCOCC2)c(C)c1. The van der Waals surface area contributed by atoms with Crippen LogP contribution in [0.15, 0.2) is 18.2 Å². The quantitative estimate of drug-likeness (QED) is 0.836. The number of hydrogen-bond acceptors (Lipinski definition) is 3. The Hall–Kier alpha value is -1.06. The third kappa shape index (κ3) is 2.54. The van der Waals surface area contributed by atoms with Gasteiger partial charge < -0.3 is 15.0 Å². The second-order valence-corrected chi connectivity index (χ2v) is 4.25. The minimum atomic E-state index is 0.845. The third-order valence-corrected chi connectivity index (χ3v) is 2.99. The molecule has 3 heteroatoms. The molecule has 3 nitrogen and oxygen atoms in total. The zero-order valence-electron chi connectivity index (χ0n) is 10.1. The topological polar surface area (TPSA) is 24.5 Å². The zero-order chi connectivity index (χ0) is 11.4. The van der Waals surface area contributed by atoms with E-state index in [0.29, 0.717) is 0 Å². The maximum absolute atomic E-state index is 5.37. The predicted octanol–water partition coefficient (Wildman–Crippen LogP) is 1.55. The van der Waals surface area contributed by atoms with E-state index in [1.807, 2.05) is 7.05 Å². The molecule has 1 aliphatic rings. The van der Waals surface area contributed by atoms with Crippen molar-refractivity contribution in [1.29, 1.82) is 0 Å². The van der Waals surface area contributed by atoms with Crippen molar-refractivity contribution in [3.05, 3.63) is 29.3 Å². The molecular weight excluding hydrogens is 200 g/mol. The number of hydrogen-bond donors (Lipinski definition) is 1.